The maximum absolute atomic E-state index is 13.5. The summed E-state index contributed by atoms with van der Waals surface area (Å²) >= 11 is 0. The summed E-state index contributed by atoms with van der Waals surface area (Å²) < 4.78 is 26.7. The summed E-state index contributed by atoms with van der Waals surface area (Å²) in [5, 5.41) is 12.7. The Hall–Kier alpha value is -1.94. The summed E-state index contributed by atoms with van der Waals surface area (Å²) in [7, 11) is 0. The summed E-state index contributed by atoms with van der Waals surface area (Å²) in [6, 6.07) is 7.98. The molecule has 0 aliphatic heterocycles. The number of aromatic hydroxyl groups is 1. The van der Waals surface area contributed by atoms with Crippen LogP contribution in [0.2, 0.25) is 0 Å². The predicted molar refractivity (Wildman–Crippen MR) is 74.5 cm³/mol. The molecule has 0 unspecified atom stereocenters. The van der Waals surface area contributed by atoms with Crippen LogP contribution >= 0.6 is 0 Å². The Bertz CT molecular complexity index is 603. The van der Waals surface area contributed by atoms with Gasteiger partial charge >= 0.3 is 0 Å². The van der Waals surface area contributed by atoms with Crippen LogP contribution in [0.25, 0.3) is 0 Å². The molecule has 2 aromatic rings. The maximum Gasteiger partial charge on any atom is 0.165 e. The molecule has 0 radical (unpaired) electrons. The fourth-order valence-corrected chi connectivity index (χ4v) is 2.18. The summed E-state index contributed by atoms with van der Waals surface area (Å²) in [5.74, 6) is -1.14. The van der Waals surface area contributed by atoms with Crippen LogP contribution in [-0.2, 0) is 13.1 Å². The molecule has 0 aliphatic carbocycles. The first-order valence-corrected chi connectivity index (χ1v) is 6.41. The molecule has 106 valence electrons. The predicted octanol–water partition coefficient (Wildman–Crippen LogP) is 3.58. The lowest BCUT2D eigenvalue weighted by molar-refractivity contribution is 0.423. The number of halogens is 2. The lowest BCUT2D eigenvalue weighted by atomic mass is 10.1. The van der Waals surface area contributed by atoms with Crippen molar-refractivity contribution in [1.82, 2.24) is 5.32 Å². The van der Waals surface area contributed by atoms with Gasteiger partial charge in [0.25, 0.3) is 0 Å². The van der Waals surface area contributed by atoms with Gasteiger partial charge in [-0.15, -0.1) is 0 Å². The number of rotatable bonds is 4. The van der Waals surface area contributed by atoms with E-state index >= 15 is 0 Å². The van der Waals surface area contributed by atoms with Crippen LogP contribution in [0.1, 0.15) is 22.3 Å². The van der Waals surface area contributed by atoms with Gasteiger partial charge in [-0.1, -0.05) is 24.3 Å². The van der Waals surface area contributed by atoms with Crippen molar-refractivity contribution in [2.24, 2.45) is 0 Å². The monoisotopic (exact) mass is 277 g/mol. The largest absolute Gasteiger partial charge is 0.505 e. The minimum absolute atomic E-state index is 0.184. The van der Waals surface area contributed by atoms with E-state index in [-0.39, 0.29) is 11.6 Å². The average molecular weight is 277 g/mol. The second kappa shape index (κ2) is 6.01. The van der Waals surface area contributed by atoms with Crippen molar-refractivity contribution in [3.05, 3.63) is 64.2 Å². The normalized spacial score (nSPS) is 10.8. The Kier molecular flexibility index (Phi) is 4.35. The van der Waals surface area contributed by atoms with Crippen LogP contribution in [-0.4, -0.2) is 5.11 Å². The van der Waals surface area contributed by atoms with Crippen molar-refractivity contribution in [2.45, 2.75) is 26.9 Å². The molecule has 0 atom stereocenters. The fraction of sp³-hybridized carbons (Fsp3) is 0.250. The number of para-hydroxylation sites is 1. The van der Waals surface area contributed by atoms with E-state index in [0.29, 0.717) is 29.8 Å². The molecule has 0 fully saturated rings. The molecule has 0 saturated carbocycles. The Morgan fingerprint density at radius 2 is 1.70 bits per heavy atom. The summed E-state index contributed by atoms with van der Waals surface area (Å²) in [5.41, 5.74) is 2.67. The first kappa shape index (κ1) is 14.5. The minimum Gasteiger partial charge on any atom is -0.505 e. The van der Waals surface area contributed by atoms with Gasteiger partial charge in [0.1, 0.15) is 5.82 Å². The zero-order chi connectivity index (χ0) is 14.7. The molecule has 0 amide bonds. The van der Waals surface area contributed by atoms with Crippen molar-refractivity contribution in [2.75, 3.05) is 0 Å². The van der Waals surface area contributed by atoms with Crippen LogP contribution in [0, 0.1) is 25.5 Å². The van der Waals surface area contributed by atoms with Crippen molar-refractivity contribution in [1.29, 1.82) is 0 Å². The number of phenols is 1. The van der Waals surface area contributed by atoms with Gasteiger partial charge in [-0.05, 0) is 36.6 Å². The second-order valence-corrected chi connectivity index (χ2v) is 4.89. The summed E-state index contributed by atoms with van der Waals surface area (Å²) in [6.45, 7) is 4.32. The zero-order valence-electron chi connectivity index (χ0n) is 11.5. The first-order valence-electron chi connectivity index (χ1n) is 6.41. The van der Waals surface area contributed by atoms with E-state index in [4.69, 9.17) is 0 Å². The molecule has 2 nitrogen and oxygen atoms in total. The lowest BCUT2D eigenvalue weighted by Gasteiger charge is -2.09. The standard InChI is InChI=1S/C16H17F2NO/c1-10-6-12(7-11(2)15(10)18)8-19-9-13-4-3-5-14(17)16(13)20/h3-7,19-20H,8-9H2,1-2H3. The number of benzene rings is 2. The molecular formula is C16H17F2NO. The third-order valence-corrected chi connectivity index (χ3v) is 3.21. The van der Waals surface area contributed by atoms with E-state index in [1.807, 2.05) is 0 Å². The number of hydrogen-bond acceptors (Lipinski definition) is 2. The molecule has 0 aliphatic rings. The van der Waals surface area contributed by atoms with Crippen LogP contribution in [0.5, 0.6) is 5.75 Å². The van der Waals surface area contributed by atoms with Crippen molar-refractivity contribution in [3.8, 4) is 5.75 Å². The van der Waals surface area contributed by atoms with Crippen molar-refractivity contribution in [3.63, 3.8) is 0 Å². The lowest BCUT2D eigenvalue weighted by Crippen LogP contribution is -2.13. The maximum atomic E-state index is 13.5. The van der Waals surface area contributed by atoms with Crippen molar-refractivity contribution >= 4 is 0 Å². The molecule has 0 spiro atoms. The van der Waals surface area contributed by atoms with Crippen LogP contribution in [0.4, 0.5) is 8.78 Å². The van der Waals surface area contributed by atoms with Gasteiger partial charge in [0.2, 0.25) is 0 Å². The van der Waals surface area contributed by atoms with E-state index in [2.05, 4.69) is 5.32 Å². The highest BCUT2D eigenvalue weighted by Gasteiger charge is 2.07. The second-order valence-electron chi connectivity index (χ2n) is 4.89. The number of aryl methyl sites for hydroxylation is 2. The zero-order valence-corrected chi connectivity index (χ0v) is 11.5. The summed E-state index contributed by atoms with van der Waals surface area (Å²) in [4.78, 5) is 0. The Morgan fingerprint density at radius 3 is 2.35 bits per heavy atom. The Morgan fingerprint density at radius 1 is 1.05 bits per heavy atom. The van der Waals surface area contributed by atoms with E-state index < -0.39 is 5.82 Å². The molecule has 4 heteroatoms. The van der Waals surface area contributed by atoms with E-state index in [1.165, 1.54) is 6.07 Å². The van der Waals surface area contributed by atoms with Gasteiger partial charge in [-0.2, -0.15) is 0 Å². The molecule has 0 saturated heterocycles. The molecule has 20 heavy (non-hydrogen) atoms. The molecule has 2 rings (SSSR count). The van der Waals surface area contributed by atoms with Gasteiger partial charge in [0.05, 0.1) is 0 Å². The average Bonchev–Trinajstić information content (AvgIpc) is 2.41. The SMILES string of the molecule is Cc1cc(CNCc2cccc(F)c2O)cc(C)c1F. The smallest absolute Gasteiger partial charge is 0.165 e. The number of nitrogens with one attached hydrogen (secondary N) is 1. The molecule has 2 aromatic carbocycles. The topological polar surface area (TPSA) is 32.3 Å². The third-order valence-electron chi connectivity index (χ3n) is 3.21. The van der Waals surface area contributed by atoms with Gasteiger partial charge in [0, 0.05) is 18.7 Å². The number of phenolic OH excluding ortho intramolecular Hbond substituents is 1. The van der Waals surface area contributed by atoms with Gasteiger partial charge in [-0.25, -0.2) is 8.78 Å². The molecule has 0 heterocycles. The van der Waals surface area contributed by atoms with Crippen molar-refractivity contribution < 1.29 is 13.9 Å². The highest BCUT2D eigenvalue weighted by molar-refractivity contribution is 5.34. The summed E-state index contributed by atoms with van der Waals surface area (Å²) in [6.07, 6.45) is 0. The quantitative estimate of drug-likeness (QED) is 0.895. The van der Waals surface area contributed by atoms with E-state index in [9.17, 15) is 13.9 Å². The molecular weight excluding hydrogens is 260 g/mol. The molecule has 2 N–H and O–H groups in total. The third kappa shape index (κ3) is 3.14. The van der Waals surface area contributed by atoms with Gasteiger partial charge in [-0.3, -0.25) is 0 Å². The highest BCUT2D eigenvalue weighted by atomic mass is 19.1. The van der Waals surface area contributed by atoms with E-state index in [1.54, 1.807) is 38.1 Å². The highest BCUT2D eigenvalue weighted by Crippen LogP contribution is 2.20. The fourth-order valence-electron chi connectivity index (χ4n) is 2.18. The van der Waals surface area contributed by atoms with Gasteiger partial charge in [0.15, 0.2) is 11.6 Å². The molecule has 0 aromatic heterocycles. The van der Waals surface area contributed by atoms with Crippen LogP contribution in [0.3, 0.4) is 0 Å². The van der Waals surface area contributed by atoms with E-state index in [0.717, 1.165) is 5.56 Å². The van der Waals surface area contributed by atoms with Gasteiger partial charge < -0.3 is 10.4 Å². The van der Waals surface area contributed by atoms with Crippen LogP contribution in [0.15, 0.2) is 30.3 Å². The number of hydrogen-bond donors (Lipinski definition) is 2. The minimum atomic E-state index is -0.627. The molecule has 0 bridgehead atoms. The Balaban J connectivity index is 2.01. The first-order chi connectivity index (χ1) is 9.49. The Labute approximate surface area is 117 Å². The van der Waals surface area contributed by atoms with Crippen LogP contribution < -0.4 is 5.32 Å².